The Morgan fingerprint density at radius 2 is 1.84 bits per heavy atom. The number of rotatable bonds is 13. The maximum absolute atomic E-state index is 14.2. The van der Waals surface area contributed by atoms with E-state index >= 15 is 0 Å². The lowest BCUT2D eigenvalue weighted by Crippen LogP contribution is -2.58. The van der Waals surface area contributed by atoms with Crippen LogP contribution >= 0.6 is 0 Å². The molecule has 0 saturated heterocycles. The van der Waals surface area contributed by atoms with Crippen molar-refractivity contribution in [1.82, 2.24) is 41.6 Å². The molecular formula is C29H35N9O6. The fraction of sp³-hybridized carbons (Fsp3) is 0.414. The van der Waals surface area contributed by atoms with Crippen LogP contribution in [0.1, 0.15) is 43.6 Å². The highest BCUT2D eigenvalue weighted by Crippen LogP contribution is 2.31. The zero-order valence-electron chi connectivity index (χ0n) is 24.6. The summed E-state index contributed by atoms with van der Waals surface area (Å²) < 4.78 is 4.76. The highest BCUT2D eigenvalue weighted by Gasteiger charge is 2.42. The van der Waals surface area contributed by atoms with Crippen LogP contribution in [0.5, 0.6) is 0 Å². The number of amides is 4. The van der Waals surface area contributed by atoms with Gasteiger partial charge in [0.25, 0.3) is 5.91 Å². The zero-order chi connectivity index (χ0) is 31.6. The Morgan fingerprint density at radius 3 is 2.52 bits per heavy atom. The fourth-order valence-corrected chi connectivity index (χ4v) is 4.85. The van der Waals surface area contributed by atoms with E-state index in [1.54, 1.807) is 26.0 Å². The number of aromatic amines is 1. The number of carbonyl (C=O) groups is 5. The van der Waals surface area contributed by atoms with Gasteiger partial charge in [0.05, 0.1) is 20.1 Å². The van der Waals surface area contributed by atoms with Gasteiger partial charge in [-0.25, -0.2) is 4.98 Å². The predicted octanol–water partition coefficient (Wildman–Crippen LogP) is -0.00970. The van der Waals surface area contributed by atoms with Crippen molar-refractivity contribution in [1.29, 1.82) is 0 Å². The van der Waals surface area contributed by atoms with E-state index in [4.69, 9.17) is 4.74 Å². The number of pyridine rings is 1. The molecule has 0 spiro atoms. The van der Waals surface area contributed by atoms with Crippen molar-refractivity contribution >= 4 is 35.4 Å². The van der Waals surface area contributed by atoms with Crippen LogP contribution in [-0.4, -0.2) is 80.4 Å². The van der Waals surface area contributed by atoms with Gasteiger partial charge in [-0.05, 0) is 29.5 Å². The Morgan fingerprint density at radius 1 is 1.07 bits per heavy atom. The third kappa shape index (κ3) is 7.99. The number of hydrogen-bond acceptors (Lipinski definition) is 10. The standard InChI is InChI=1S/C29H35N9O6/c1-17(2)25(33-23(39)14-18-8-5-4-6-9-18)28(42)32-20(11-12-24(40)44-3)29(43)38-21(15-19-10-7-13-30-26(19)38)27(41)31-16-22-34-36-37-35-22/h4-10,13,17,20-21,25H,11-12,14-16H2,1-3H3,(H,31,41)(H,32,42)(H,33,39)(H,34,35,36,37). The summed E-state index contributed by atoms with van der Waals surface area (Å²) in [4.78, 5) is 71.5. The molecule has 3 aromatic rings. The number of H-pyrrole nitrogens is 1. The number of nitrogens with zero attached hydrogens (tertiary/aromatic N) is 5. The van der Waals surface area contributed by atoms with E-state index in [1.165, 1.54) is 18.2 Å². The van der Waals surface area contributed by atoms with Crippen LogP contribution in [0.15, 0.2) is 48.7 Å². The molecule has 4 N–H and O–H groups in total. The molecule has 0 fully saturated rings. The second kappa shape index (κ2) is 14.8. The molecule has 1 aromatic carbocycles. The molecular weight excluding hydrogens is 570 g/mol. The van der Waals surface area contributed by atoms with E-state index in [2.05, 4.69) is 41.6 Å². The first kappa shape index (κ1) is 31.7. The highest BCUT2D eigenvalue weighted by molar-refractivity contribution is 6.06. The Hall–Kier alpha value is -5.21. The molecule has 3 unspecified atom stereocenters. The third-order valence-corrected chi connectivity index (χ3v) is 7.12. The first-order chi connectivity index (χ1) is 21.2. The maximum Gasteiger partial charge on any atom is 0.305 e. The first-order valence-electron chi connectivity index (χ1n) is 14.1. The first-order valence-corrected chi connectivity index (χ1v) is 14.1. The van der Waals surface area contributed by atoms with Crippen molar-refractivity contribution in [3.8, 4) is 0 Å². The van der Waals surface area contributed by atoms with E-state index in [9.17, 15) is 24.0 Å². The molecule has 2 aromatic heterocycles. The molecule has 0 aliphatic carbocycles. The average molecular weight is 606 g/mol. The van der Waals surface area contributed by atoms with Crippen molar-refractivity contribution in [2.75, 3.05) is 12.0 Å². The minimum atomic E-state index is -1.24. The number of anilines is 1. The van der Waals surface area contributed by atoms with Crippen molar-refractivity contribution in [3.05, 3.63) is 65.6 Å². The van der Waals surface area contributed by atoms with Gasteiger partial charge in [-0.2, -0.15) is 5.21 Å². The SMILES string of the molecule is COC(=O)CCC(NC(=O)C(NC(=O)Cc1ccccc1)C(C)C)C(=O)N1c2ncccc2CC1C(=O)NCc1nn[nH]n1. The van der Waals surface area contributed by atoms with Crippen molar-refractivity contribution in [2.45, 2.75) is 64.2 Å². The van der Waals surface area contributed by atoms with Gasteiger partial charge in [-0.1, -0.05) is 55.5 Å². The molecule has 3 heterocycles. The summed E-state index contributed by atoms with van der Waals surface area (Å²) in [5, 5.41) is 21.6. The molecule has 4 rings (SSSR count). The molecule has 15 nitrogen and oxygen atoms in total. The number of hydrogen-bond donors (Lipinski definition) is 4. The van der Waals surface area contributed by atoms with Gasteiger partial charge in [-0.3, -0.25) is 28.9 Å². The minimum absolute atomic E-state index is 0.0289. The minimum Gasteiger partial charge on any atom is -0.469 e. The maximum atomic E-state index is 14.2. The number of tetrazole rings is 1. The van der Waals surface area contributed by atoms with Gasteiger partial charge in [-0.15, -0.1) is 10.2 Å². The van der Waals surface area contributed by atoms with Crippen LogP contribution in [0.2, 0.25) is 0 Å². The fourth-order valence-electron chi connectivity index (χ4n) is 4.85. The summed E-state index contributed by atoms with van der Waals surface area (Å²) in [7, 11) is 1.22. The molecule has 0 radical (unpaired) electrons. The van der Waals surface area contributed by atoms with E-state index < -0.39 is 41.8 Å². The van der Waals surface area contributed by atoms with Crippen molar-refractivity contribution < 1.29 is 28.7 Å². The van der Waals surface area contributed by atoms with E-state index in [-0.39, 0.29) is 55.7 Å². The molecule has 0 bridgehead atoms. The Kier molecular flexibility index (Phi) is 10.7. The number of aromatic nitrogens is 5. The summed E-state index contributed by atoms with van der Waals surface area (Å²) in [6.07, 6.45) is 1.44. The van der Waals surface area contributed by atoms with Crippen LogP contribution < -0.4 is 20.9 Å². The van der Waals surface area contributed by atoms with Crippen LogP contribution in [0.25, 0.3) is 0 Å². The monoisotopic (exact) mass is 605 g/mol. The lowest BCUT2D eigenvalue weighted by molar-refractivity contribution is -0.141. The largest absolute Gasteiger partial charge is 0.469 e. The van der Waals surface area contributed by atoms with Crippen LogP contribution in [0.4, 0.5) is 5.82 Å². The normalized spacial score (nSPS) is 15.2. The van der Waals surface area contributed by atoms with Gasteiger partial charge in [0, 0.05) is 19.0 Å². The molecule has 0 saturated carbocycles. The van der Waals surface area contributed by atoms with Crippen molar-refractivity contribution in [3.63, 3.8) is 0 Å². The summed E-state index contributed by atoms with van der Waals surface area (Å²) in [6, 6.07) is 9.33. The number of nitrogens with one attached hydrogen (secondary N) is 4. The lowest BCUT2D eigenvalue weighted by atomic mass is 10.0. The Balaban J connectivity index is 1.55. The number of methoxy groups -OCH3 is 1. The van der Waals surface area contributed by atoms with Crippen molar-refractivity contribution in [2.24, 2.45) is 5.92 Å². The molecule has 1 aliphatic heterocycles. The van der Waals surface area contributed by atoms with Gasteiger partial charge in [0.2, 0.25) is 17.7 Å². The quantitative estimate of drug-likeness (QED) is 0.192. The second-order valence-electron chi connectivity index (χ2n) is 10.6. The molecule has 44 heavy (non-hydrogen) atoms. The smallest absolute Gasteiger partial charge is 0.305 e. The lowest BCUT2D eigenvalue weighted by Gasteiger charge is -2.30. The highest BCUT2D eigenvalue weighted by atomic mass is 16.5. The predicted molar refractivity (Wildman–Crippen MR) is 155 cm³/mol. The molecule has 3 atom stereocenters. The van der Waals surface area contributed by atoms with Gasteiger partial charge in [0.15, 0.2) is 5.82 Å². The molecule has 15 heteroatoms. The summed E-state index contributed by atoms with van der Waals surface area (Å²) in [6.45, 7) is 3.50. The van der Waals surface area contributed by atoms with E-state index in [0.717, 1.165) is 5.56 Å². The summed E-state index contributed by atoms with van der Waals surface area (Å²) in [5.74, 6) is -2.49. The number of benzene rings is 1. The number of ether oxygens (including phenoxy) is 1. The van der Waals surface area contributed by atoms with Crippen LogP contribution in [0.3, 0.4) is 0 Å². The van der Waals surface area contributed by atoms with Gasteiger partial charge in [0.1, 0.15) is 23.9 Å². The van der Waals surface area contributed by atoms with E-state index in [1.807, 2.05) is 30.3 Å². The van der Waals surface area contributed by atoms with Crippen LogP contribution in [-0.2, 0) is 48.1 Å². The average Bonchev–Trinajstić information content (AvgIpc) is 3.68. The number of esters is 1. The van der Waals surface area contributed by atoms with Gasteiger partial charge < -0.3 is 20.7 Å². The number of fused-ring (bicyclic) bond motifs is 1. The summed E-state index contributed by atoms with van der Waals surface area (Å²) >= 11 is 0. The summed E-state index contributed by atoms with van der Waals surface area (Å²) in [5.41, 5.74) is 1.44. The van der Waals surface area contributed by atoms with Gasteiger partial charge >= 0.3 is 5.97 Å². The molecule has 232 valence electrons. The van der Waals surface area contributed by atoms with E-state index in [0.29, 0.717) is 5.56 Å². The second-order valence-corrected chi connectivity index (χ2v) is 10.6. The molecule has 1 aliphatic rings. The third-order valence-electron chi connectivity index (χ3n) is 7.12. The molecule has 4 amide bonds. The Labute approximate surface area is 253 Å². The zero-order valence-corrected chi connectivity index (χ0v) is 24.6. The van der Waals surface area contributed by atoms with Crippen LogP contribution in [0, 0.1) is 5.92 Å². The topological polar surface area (TPSA) is 201 Å². The number of carbonyl (C=O) groups excluding carboxylic acids is 5. The Bertz CT molecular complexity index is 1460.